The van der Waals surface area contributed by atoms with Gasteiger partial charge in [0.2, 0.25) is 10.0 Å². The van der Waals surface area contributed by atoms with E-state index in [-0.39, 0.29) is 17.3 Å². The molecule has 1 amide bonds. The normalized spacial score (nSPS) is 11.3. The van der Waals surface area contributed by atoms with Gasteiger partial charge in [0.25, 0.3) is 5.91 Å². The molecule has 0 saturated heterocycles. The maximum atomic E-state index is 12.6. The molecule has 1 aromatic heterocycles. The zero-order chi connectivity index (χ0) is 17.0. The number of carbonyl (C=O) groups excluding carboxylic acids is 1. The third-order valence-electron chi connectivity index (χ3n) is 3.33. The highest BCUT2D eigenvalue weighted by atomic mass is 32.2. The van der Waals surface area contributed by atoms with Crippen molar-refractivity contribution in [2.24, 2.45) is 0 Å². The Labute approximate surface area is 136 Å². The number of nitrogens with one attached hydrogen (secondary N) is 1. The fourth-order valence-electron chi connectivity index (χ4n) is 2.22. The van der Waals surface area contributed by atoms with Gasteiger partial charge in [-0.25, -0.2) is 13.1 Å². The van der Waals surface area contributed by atoms with Crippen LogP contribution in [-0.2, 0) is 10.0 Å². The molecule has 1 aromatic carbocycles. The van der Waals surface area contributed by atoms with Crippen LogP contribution in [-0.4, -0.2) is 48.4 Å². The molecule has 8 heteroatoms. The van der Waals surface area contributed by atoms with Crippen LogP contribution in [0.5, 0.6) is 0 Å². The number of hydrogen-bond donors (Lipinski definition) is 1. The van der Waals surface area contributed by atoms with Crippen molar-refractivity contribution in [3.05, 3.63) is 42.1 Å². The molecule has 0 aliphatic heterocycles. The predicted octanol–water partition coefficient (Wildman–Crippen LogP) is 1.73. The van der Waals surface area contributed by atoms with Gasteiger partial charge in [0.1, 0.15) is 5.56 Å². The summed E-state index contributed by atoms with van der Waals surface area (Å²) in [5, 5.41) is 4.18. The van der Waals surface area contributed by atoms with Gasteiger partial charge in [-0.3, -0.25) is 9.52 Å². The molecule has 7 nitrogen and oxygen atoms in total. The van der Waals surface area contributed by atoms with Crippen molar-refractivity contribution >= 4 is 21.7 Å². The first kappa shape index (κ1) is 17.0. The Morgan fingerprint density at radius 1 is 1.22 bits per heavy atom. The van der Waals surface area contributed by atoms with Gasteiger partial charge in [-0.2, -0.15) is 5.10 Å². The van der Waals surface area contributed by atoms with Crippen molar-refractivity contribution in [3.8, 4) is 5.69 Å². The monoisotopic (exact) mass is 336 g/mol. The molecule has 1 N–H and O–H groups in total. The highest BCUT2D eigenvalue weighted by molar-refractivity contribution is 7.92. The molecule has 0 aliphatic carbocycles. The molecule has 0 bridgehead atoms. The Kier molecular flexibility index (Phi) is 5.05. The summed E-state index contributed by atoms with van der Waals surface area (Å²) in [7, 11) is -3.55. The summed E-state index contributed by atoms with van der Waals surface area (Å²) in [5.74, 6) is -0.112. The Morgan fingerprint density at radius 2 is 1.83 bits per heavy atom. The Balaban J connectivity index is 2.56. The van der Waals surface area contributed by atoms with Crippen LogP contribution in [0.25, 0.3) is 5.69 Å². The highest BCUT2D eigenvalue weighted by Crippen LogP contribution is 2.22. The first-order valence-electron chi connectivity index (χ1n) is 7.27. The minimum absolute atomic E-state index is 0.149. The van der Waals surface area contributed by atoms with Crippen LogP contribution < -0.4 is 4.72 Å². The minimum atomic E-state index is -3.55. The SMILES string of the molecule is CCN(CC)C(=O)c1cnn(-c2ccccc2)c1NS(C)(=O)=O. The van der Waals surface area contributed by atoms with E-state index in [9.17, 15) is 13.2 Å². The van der Waals surface area contributed by atoms with E-state index in [2.05, 4.69) is 9.82 Å². The second-order valence-electron chi connectivity index (χ2n) is 5.01. The zero-order valence-electron chi connectivity index (χ0n) is 13.4. The Bertz CT molecular complexity index is 780. The van der Waals surface area contributed by atoms with Crippen molar-refractivity contribution in [2.75, 3.05) is 24.1 Å². The van der Waals surface area contributed by atoms with E-state index in [1.165, 1.54) is 10.9 Å². The standard InChI is InChI=1S/C15H20N4O3S/c1-4-18(5-2)15(20)13-11-16-19(12-9-7-6-8-10-12)14(13)17-23(3,21)22/h6-11,17H,4-5H2,1-3H3. The van der Waals surface area contributed by atoms with Crippen molar-refractivity contribution < 1.29 is 13.2 Å². The fourth-order valence-corrected chi connectivity index (χ4v) is 2.77. The van der Waals surface area contributed by atoms with E-state index in [1.807, 2.05) is 32.0 Å². The summed E-state index contributed by atoms with van der Waals surface area (Å²) >= 11 is 0. The number of aromatic nitrogens is 2. The van der Waals surface area contributed by atoms with Gasteiger partial charge in [-0.1, -0.05) is 18.2 Å². The second-order valence-corrected chi connectivity index (χ2v) is 6.75. The molecule has 0 atom stereocenters. The average Bonchev–Trinajstić information content (AvgIpc) is 2.90. The maximum Gasteiger partial charge on any atom is 0.259 e. The van der Waals surface area contributed by atoms with Gasteiger partial charge in [0.05, 0.1) is 18.1 Å². The van der Waals surface area contributed by atoms with E-state index in [0.717, 1.165) is 6.26 Å². The summed E-state index contributed by atoms with van der Waals surface area (Å²) in [6.45, 7) is 4.80. The van der Waals surface area contributed by atoms with Crippen LogP contribution in [0.15, 0.2) is 36.5 Å². The number of benzene rings is 1. The molecule has 0 unspecified atom stereocenters. The third kappa shape index (κ3) is 3.89. The van der Waals surface area contributed by atoms with E-state index < -0.39 is 10.0 Å². The summed E-state index contributed by atoms with van der Waals surface area (Å²) in [5.41, 5.74) is 0.889. The molecule has 124 valence electrons. The molecular weight excluding hydrogens is 316 g/mol. The molecule has 0 fully saturated rings. The number of carbonyl (C=O) groups is 1. The zero-order valence-corrected chi connectivity index (χ0v) is 14.2. The van der Waals surface area contributed by atoms with Crippen molar-refractivity contribution in [3.63, 3.8) is 0 Å². The Morgan fingerprint density at radius 3 is 2.35 bits per heavy atom. The number of nitrogens with zero attached hydrogens (tertiary/aromatic N) is 3. The van der Waals surface area contributed by atoms with Gasteiger partial charge in [0, 0.05) is 13.1 Å². The molecule has 0 spiro atoms. The van der Waals surface area contributed by atoms with Crippen molar-refractivity contribution in [1.82, 2.24) is 14.7 Å². The van der Waals surface area contributed by atoms with Crippen LogP contribution in [0.2, 0.25) is 0 Å². The van der Waals surface area contributed by atoms with Gasteiger partial charge < -0.3 is 4.90 Å². The average molecular weight is 336 g/mol. The number of rotatable bonds is 6. The molecule has 0 saturated carbocycles. The molecular formula is C15H20N4O3S. The fraction of sp³-hybridized carbons (Fsp3) is 0.333. The van der Waals surface area contributed by atoms with E-state index in [0.29, 0.717) is 18.8 Å². The second kappa shape index (κ2) is 6.82. The first-order chi connectivity index (χ1) is 10.9. The summed E-state index contributed by atoms with van der Waals surface area (Å²) in [6.07, 6.45) is 2.43. The Hall–Kier alpha value is -2.35. The quantitative estimate of drug-likeness (QED) is 0.870. The molecule has 0 aliphatic rings. The number of para-hydroxylation sites is 1. The lowest BCUT2D eigenvalue weighted by molar-refractivity contribution is 0.0774. The van der Waals surface area contributed by atoms with Crippen molar-refractivity contribution in [1.29, 1.82) is 0 Å². The van der Waals surface area contributed by atoms with Crippen molar-refractivity contribution in [2.45, 2.75) is 13.8 Å². The molecule has 2 aromatic rings. The number of hydrogen-bond acceptors (Lipinski definition) is 4. The lowest BCUT2D eigenvalue weighted by Crippen LogP contribution is -2.31. The van der Waals surface area contributed by atoms with E-state index in [4.69, 9.17) is 0 Å². The highest BCUT2D eigenvalue weighted by Gasteiger charge is 2.23. The number of amides is 1. The summed E-state index contributed by atoms with van der Waals surface area (Å²) < 4.78 is 27.2. The maximum absolute atomic E-state index is 12.6. The van der Waals surface area contributed by atoms with E-state index in [1.54, 1.807) is 17.0 Å². The summed E-state index contributed by atoms with van der Waals surface area (Å²) in [6, 6.07) is 9.04. The van der Waals surface area contributed by atoms with Gasteiger partial charge in [-0.15, -0.1) is 0 Å². The van der Waals surface area contributed by atoms with Gasteiger partial charge >= 0.3 is 0 Å². The minimum Gasteiger partial charge on any atom is -0.339 e. The topological polar surface area (TPSA) is 84.3 Å². The van der Waals surface area contributed by atoms with Crippen LogP contribution in [0.3, 0.4) is 0 Å². The molecule has 23 heavy (non-hydrogen) atoms. The van der Waals surface area contributed by atoms with Crippen LogP contribution in [0.4, 0.5) is 5.82 Å². The molecule has 0 radical (unpaired) electrons. The summed E-state index contributed by atoms with van der Waals surface area (Å²) in [4.78, 5) is 14.2. The molecule has 2 rings (SSSR count). The van der Waals surface area contributed by atoms with Crippen LogP contribution >= 0.6 is 0 Å². The predicted molar refractivity (Wildman–Crippen MR) is 89.3 cm³/mol. The lowest BCUT2D eigenvalue weighted by Gasteiger charge is -2.19. The van der Waals surface area contributed by atoms with Crippen LogP contribution in [0, 0.1) is 0 Å². The molecule has 1 heterocycles. The number of anilines is 1. The first-order valence-corrected chi connectivity index (χ1v) is 9.17. The smallest absolute Gasteiger partial charge is 0.259 e. The van der Waals surface area contributed by atoms with Gasteiger partial charge in [0.15, 0.2) is 5.82 Å². The van der Waals surface area contributed by atoms with Gasteiger partial charge in [-0.05, 0) is 26.0 Å². The number of sulfonamides is 1. The lowest BCUT2D eigenvalue weighted by atomic mass is 10.2. The van der Waals surface area contributed by atoms with Crippen LogP contribution in [0.1, 0.15) is 24.2 Å². The third-order valence-corrected chi connectivity index (χ3v) is 3.90. The largest absolute Gasteiger partial charge is 0.339 e. The van der Waals surface area contributed by atoms with E-state index >= 15 is 0 Å².